The molecule has 8 nitrogen and oxygen atoms in total. The number of hydrogen-bond acceptors (Lipinski definition) is 6. The van der Waals surface area contributed by atoms with E-state index < -0.39 is 0 Å². The van der Waals surface area contributed by atoms with Gasteiger partial charge in [-0.25, -0.2) is 14.8 Å². The highest BCUT2D eigenvalue weighted by atomic mass is 16.5. The first-order valence-electron chi connectivity index (χ1n) is 12.9. The van der Waals surface area contributed by atoms with E-state index >= 15 is 0 Å². The highest BCUT2D eigenvalue weighted by Gasteiger charge is 2.50. The lowest BCUT2D eigenvalue weighted by Gasteiger charge is -2.48. The zero-order valence-corrected chi connectivity index (χ0v) is 21.1. The second-order valence-corrected chi connectivity index (χ2v) is 10.6. The number of morpholine rings is 1. The van der Waals surface area contributed by atoms with Crippen LogP contribution in [0.1, 0.15) is 31.2 Å². The van der Waals surface area contributed by atoms with Crippen LogP contribution in [0.2, 0.25) is 0 Å². The molecule has 36 heavy (non-hydrogen) atoms. The third-order valence-electron chi connectivity index (χ3n) is 8.44. The van der Waals surface area contributed by atoms with Crippen LogP contribution in [0.4, 0.5) is 16.4 Å². The molecule has 1 aliphatic carbocycles. The number of nitrogens with one attached hydrogen (secondary N) is 1. The predicted molar refractivity (Wildman–Crippen MR) is 141 cm³/mol. The summed E-state index contributed by atoms with van der Waals surface area (Å²) < 4.78 is 5.44. The molecule has 2 aliphatic heterocycles. The van der Waals surface area contributed by atoms with Gasteiger partial charge in [0.2, 0.25) is 5.95 Å². The quantitative estimate of drug-likeness (QED) is 0.605. The van der Waals surface area contributed by atoms with Gasteiger partial charge in [0.1, 0.15) is 0 Å². The first-order valence-corrected chi connectivity index (χ1v) is 12.9. The fraction of sp³-hybridized carbons (Fsp3) is 0.464. The molecule has 3 aromatic rings. The van der Waals surface area contributed by atoms with Crippen LogP contribution < -0.4 is 15.1 Å². The van der Waals surface area contributed by atoms with Crippen molar-refractivity contribution in [3.05, 3.63) is 60.3 Å². The minimum absolute atomic E-state index is 0.00311. The molecule has 2 amide bonds. The van der Waals surface area contributed by atoms with Crippen molar-refractivity contribution in [2.24, 2.45) is 0 Å². The number of anilines is 2. The van der Waals surface area contributed by atoms with Gasteiger partial charge in [-0.2, -0.15) is 0 Å². The van der Waals surface area contributed by atoms with E-state index in [1.165, 1.54) is 5.56 Å². The van der Waals surface area contributed by atoms with E-state index in [0.717, 1.165) is 61.3 Å². The van der Waals surface area contributed by atoms with E-state index in [1.807, 2.05) is 29.3 Å². The second-order valence-electron chi connectivity index (χ2n) is 10.6. The van der Waals surface area contributed by atoms with Gasteiger partial charge >= 0.3 is 6.03 Å². The maximum atomic E-state index is 13.2. The summed E-state index contributed by atoms with van der Waals surface area (Å²) in [7, 11) is 4.35. The minimum Gasteiger partial charge on any atom is -0.378 e. The number of nitrogens with zero attached hydrogens (tertiary/aromatic N) is 5. The SMILES string of the molecule is CN(C)[C@]1(c2ccccc2)CC[C@@]2(CC1)CN(c1ccc3nc(N4CCOCC4)ncc3c1)C(=O)N2. The summed E-state index contributed by atoms with van der Waals surface area (Å²) in [6.07, 6.45) is 5.78. The third-order valence-corrected chi connectivity index (χ3v) is 8.44. The highest BCUT2D eigenvalue weighted by molar-refractivity contribution is 5.97. The summed E-state index contributed by atoms with van der Waals surface area (Å²) in [6.45, 7) is 3.70. The van der Waals surface area contributed by atoms with Gasteiger partial charge in [0.15, 0.2) is 0 Å². The normalized spacial score (nSPS) is 26.7. The number of urea groups is 1. The third kappa shape index (κ3) is 3.98. The predicted octanol–water partition coefficient (Wildman–Crippen LogP) is 3.77. The van der Waals surface area contributed by atoms with E-state index in [4.69, 9.17) is 9.72 Å². The zero-order valence-electron chi connectivity index (χ0n) is 21.1. The molecule has 1 spiro atoms. The number of rotatable bonds is 4. The zero-order chi connectivity index (χ0) is 24.8. The molecule has 2 aromatic carbocycles. The van der Waals surface area contributed by atoms with Gasteiger partial charge in [0.05, 0.1) is 30.8 Å². The molecule has 6 rings (SSSR count). The highest BCUT2D eigenvalue weighted by Crippen LogP contribution is 2.46. The van der Waals surface area contributed by atoms with Gasteiger partial charge in [-0.15, -0.1) is 0 Å². The smallest absolute Gasteiger partial charge is 0.322 e. The van der Waals surface area contributed by atoms with Crippen LogP contribution in [0.3, 0.4) is 0 Å². The van der Waals surface area contributed by atoms with Crippen LogP contribution in [0, 0.1) is 0 Å². The summed E-state index contributed by atoms with van der Waals surface area (Å²) in [4.78, 5) is 28.9. The summed E-state index contributed by atoms with van der Waals surface area (Å²) >= 11 is 0. The Labute approximate surface area is 212 Å². The Hall–Kier alpha value is -3.23. The van der Waals surface area contributed by atoms with Crippen molar-refractivity contribution < 1.29 is 9.53 Å². The number of aromatic nitrogens is 2. The summed E-state index contributed by atoms with van der Waals surface area (Å²) in [5.41, 5.74) is 2.95. The lowest BCUT2D eigenvalue weighted by Crippen LogP contribution is -2.54. The molecule has 1 saturated carbocycles. The number of carbonyl (C=O) groups excluding carboxylic acids is 1. The Morgan fingerprint density at radius 2 is 1.75 bits per heavy atom. The Morgan fingerprint density at radius 1 is 1.00 bits per heavy atom. The molecule has 188 valence electrons. The van der Waals surface area contributed by atoms with Crippen LogP contribution in [0.5, 0.6) is 0 Å². The van der Waals surface area contributed by atoms with Crippen molar-refractivity contribution in [2.45, 2.75) is 36.8 Å². The summed E-state index contributed by atoms with van der Waals surface area (Å²) in [6, 6.07) is 16.8. The van der Waals surface area contributed by atoms with Crippen LogP contribution in [0.15, 0.2) is 54.7 Å². The van der Waals surface area contributed by atoms with Crippen LogP contribution in [-0.2, 0) is 10.3 Å². The Bertz CT molecular complexity index is 1250. The first-order chi connectivity index (χ1) is 17.5. The molecule has 2 saturated heterocycles. The number of carbonyl (C=O) groups is 1. The average Bonchev–Trinajstić information content (AvgIpc) is 3.25. The molecule has 1 N–H and O–H groups in total. The van der Waals surface area contributed by atoms with Gasteiger partial charge in [0, 0.05) is 35.9 Å². The number of benzene rings is 2. The van der Waals surface area contributed by atoms with Gasteiger partial charge in [-0.05, 0) is 63.5 Å². The molecule has 8 heteroatoms. The topological polar surface area (TPSA) is 73.8 Å². The molecule has 1 aromatic heterocycles. The van der Waals surface area contributed by atoms with Gasteiger partial charge in [0.25, 0.3) is 0 Å². The molecule has 3 aliphatic rings. The van der Waals surface area contributed by atoms with Crippen molar-refractivity contribution in [2.75, 3.05) is 56.7 Å². The number of hydrogen-bond donors (Lipinski definition) is 1. The van der Waals surface area contributed by atoms with Gasteiger partial charge in [-0.1, -0.05) is 30.3 Å². The lowest BCUT2D eigenvalue weighted by atomic mass is 9.69. The maximum Gasteiger partial charge on any atom is 0.322 e. The molecule has 0 unspecified atom stereocenters. The fourth-order valence-electron chi connectivity index (χ4n) is 6.18. The van der Waals surface area contributed by atoms with Crippen molar-refractivity contribution in [3.8, 4) is 0 Å². The van der Waals surface area contributed by atoms with Crippen molar-refractivity contribution in [1.82, 2.24) is 20.2 Å². The van der Waals surface area contributed by atoms with E-state index in [-0.39, 0.29) is 17.1 Å². The van der Waals surface area contributed by atoms with E-state index in [9.17, 15) is 4.79 Å². The summed E-state index contributed by atoms with van der Waals surface area (Å²) in [5.74, 6) is 0.737. The number of ether oxygens (including phenoxy) is 1. The van der Waals surface area contributed by atoms with Crippen molar-refractivity contribution >= 4 is 28.6 Å². The molecule has 0 atom stereocenters. The average molecular weight is 487 g/mol. The molecule has 3 heterocycles. The van der Waals surface area contributed by atoms with Crippen molar-refractivity contribution in [1.29, 1.82) is 0 Å². The van der Waals surface area contributed by atoms with Gasteiger partial charge in [-0.3, -0.25) is 9.80 Å². The van der Waals surface area contributed by atoms with E-state index in [2.05, 4.69) is 64.5 Å². The van der Waals surface area contributed by atoms with Crippen molar-refractivity contribution in [3.63, 3.8) is 0 Å². The monoisotopic (exact) mass is 486 g/mol. The van der Waals surface area contributed by atoms with E-state index in [1.54, 1.807) is 0 Å². The van der Waals surface area contributed by atoms with Crippen LogP contribution >= 0.6 is 0 Å². The first kappa shape index (κ1) is 23.2. The van der Waals surface area contributed by atoms with Gasteiger partial charge < -0.3 is 15.0 Å². The molecular formula is C28H34N6O2. The largest absolute Gasteiger partial charge is 0.378 e. The van der Waals surface area contributed by atoms with E-state index in [0.29, 0.717) is 19.8 Å². The van der Waals surface area contributed by atoms with Crippen LogP contribution in [0.25, 0.3) is 10.9 Å². The maximum absolute atomic E-state index is 13.2. The standard InChI is InChI=1S/C28H34N6O2/c1-32(2)28(22-6-4-3-5-7-22)12-10-27(11-13-28)20-34(26(35)31-27)23-8-9-24-21(18-23)19-29-25(30-24)33-14-16-36-17-15-33/h3-9,18-19H,10-17,20H2,1-2H3,(H,31,35)/t27-,28-. The second kappa shape index (κ2) is 9.01. The Balaban J connectivity index is 1.20. The number of amides is 2. The number of fused-ring (bicyclic) bond motifs is 1. The minimum atomic E-state index is -0.197. The molecule has 0 radical (unpaired) electrons. The fourth-order valence-corrected chi connectivity index (χ4v) is 6.18. The molecule has 0 bridgehead atoms. The lowest BCUT2D eigenvalue weighted by molar-refractivity contribution is 0.0658. The Kier molecular flexibility index (Phi) is 5.80. The molecular weight excluding hydrogens is 452 g/mol. The van der Waals surface area contributed by atoms with Crippen LogP contribution in [-0.4, -0.2) is 73.4 Å². The molecule has 3 fully saturated rings. The Morgan fingerprint density at radius 3 is 2.47 bits per heavy atom. The summed E-state index contributed by atoms with van der Waals surface area (Å²) in [5, 5.41) is 4.31.